The van der Waals surface area contributed by atoms with Gasteiger partial charge < -0.3 is 25.0 Å². The maximum Gasteiger partial charge on any atom is 0.325 e. The highest BCUT2D eigenvalue weighted by atomic mass is 32.2. The number of amides is 4. The third-order valence-corrected chi connectivity index (χ3v) is 7.84. The van der Waals surface area contributed by atoms with Gasteiger partial charge in [0.25, 0.3) is 5.91 Å². The lowest BCUT2D eigenvalue weighted by molar-refractivity contribution is -0.132. The first-order chi connectivity index (χ1) is 16.1. The highest BCUT2D eigenvalue weighted by Gasteiger charge is 2.45. The zero-order valence-corrected chi connectivity index (χ0v) is 20.0. The fourth-order valence-electron chi connectivity index (χ4n) is 4.09. The predicted octanol–water partition coefficient (Wildman–Crippen LogP) is -0.187. The molecule has 12 nitrogen and oxygen atoms in total. The molecule has 2 N–H and O–H groups in total. The second-order valence-electron chi connectivity index (χ2n) is 8.79. The van der Waals surface area contributed by atoms with Crippen LogP contribution in [0.4, 0.5) is 16.2 Å². The minimum absolute atomic E-state index is 0.0397. The molecule has 186 valence electrons. The largest absolute Gasteiger partial charge is 0.379 e. The highest BCUT2D eigenvalue weighted by molar-refractivity contribution is 7.89. The minimum atomic E-state index is -3.79. The van der Waals surface area contributed by atoms with Gasteiger partial charge in [-0.25, -0.2) is 13.2 Å². The van der Waals surface area contributed by atoms with E-state index in [0.29, 0.717) is 45.2 Å². The second kappa shape index (κ2) is 9.49. The monoisotopic (exact) mass is 495 g/mol. The first kappa shape index (κ1) is 24.4. The van der Waals surface area contributed by atoms with Crippen molar-refractivity contribution in [2.24, 2.45) is 0 Å². The molecule has 0 unspecified atom stereocenters. The van der Waals surface area contributed by atoms with Crippen LogP contribution < -0.4 is 15.5 Å². The van der Waals surface area contributed by atoms with Crippen LogP contribution in [0.15, 0.2) is 23.1 Å². The quantitative estimate of drug-likeness (QED) is 0.518. The number of carbonyl (C=O) groups is 3. The molecule has 0 spiro atoms. The number of carbonyl (C=O) groups excluding carboxylic acids is 3. The summed E-state index contributed by atoms with van der Waals surface area (Å²) in [4.78, 5) is 40.3. The van der Waals surface area contributed by atoms with Crippen molar-refractivity contribution in [1.29, 1.82) is 0 Å². The number of nitrogens with zero attached hydrogens (tertiary/aromatic N) is 3. The highest BCUT2D eigenvalue weighted by Crippen LogP contribution is 2.31. The molecule has 34 heavy (non-hydrogen) atoms. The Morgan fingerprint density at radius 2 is 1.68 bits per heavy atom. The SMILES string of the molecule is CC1(C)NC(=O)N(CC(=O)Nc2cc(S(=O)(=O)N3CCOCC3)ccc2N2CCOCC2)C1=O. The molecule has 3 fully saturated rings. The lowest BCUT2D eigenvalue weighted by Gasteiger charge is -2.31. The number of nitrogens with one attached hydrogen (secondary N) is 2. The molecule has 3 aliphatic heterocycles. The van der Waals surface area contributed by atoms with E-state index in [2.05, 4.69) is 10.6 Å². The Morgan fingerprint density at radius 3 is 2.26 bits per heavy atom. The number of benzene rings is 1. The number of rotatable bonds is 6. The Labute approximate surface area is 198 Å². The van der Waals surface area contributed by atoms with Crippen LogP contribution in [0.2, 0.25) is 0 Å². The van der Waals surface area contributed by atoms with E-state index in [9.17, 15) is 22.8 Å². The molecular formula is C21H29N5O7S. The number of urea groups is 1. The average Bonchev–Trinajstić information content (AvgIpc) is 3.01. The third-order valence-electron chi connectivity index (χ3n) is 5.95. The number of hydrogen-bond acceptors (Lipinski definition) is 8. The van der Waals surface area contributed by atoms with Gasteiger partial charge in [0.15, 0.2) is 0 Å². The molecule has 4 amide bonds. The van der Waals surface area contributed by atoms with E-state index < -0.39 is 40.0 Å². The van der Waals surface area contributed by atoms with E-state index in [1.165, 1.54) is 16.4 Å². The van der Waals surface area contributed by atoms with E-state index in [0.717, 1.165) is 4.90 Å². The first-order valence-corrected chi connectivity index (χ1v) is 12.5. The Bertz CT molecular complexity index is 1080. The number of morpholine rings is 2. The maximum absolute atomic E-state index is 13.2. The van der Waals surface area contributed by atoms with Crippen LogP contribution in [0.3, 0.4) is 0 Å². The Hall–Kier alpha value is -2.74. The van der Waals surface area contributed by atoms with Gasteiger partial charge in [0.2, 0.25) is 15.9 Å². The van der Waals surface area contributed by atoms with Crippen molar-refractivity contribution in [3.8, 4) is 0 Å². The average molecular weight is 496 g/mol. The molecule has 0 aromatic heterocycles. The Morgan fingerprint density at radius 1 is 1.06 bits per heavy atom. The number of imide groups is 1. The second-order valence-corrected chi connectivity index (χ2v) is 10.7. The molecule has 0 aliphatic carbocycles. The minimum Gasteiger partial charge on any atom is -0.379 e. The van der Waals surface area contributed by atoms with E-state index in [4.69, 9.17) is 9.47 Å². The molecule has 4 rings (SSSR count). The van der Waals surface area contributed by atoms with Crippen LogP contribution >= 0.6 is 0 Å². The van der Waals surface area contributed by atoms with Crippen LogP contribution in [0, 0.1) is 0 Å². The zero-order chi connectivity index (χ0) is 24.5. The number of ether oxygens (including phenoxy) is 2. The molecule has 0 saturated carbocycles. The van der Waals surface area contributed by atoms with E-state index in [1.807, 2.05) is 4.90 Å². The van der Waals surface area contributed by atoms with Gasteiger partial charge in [0.05, 0.1) is 42.7 Å². The van der Waals surface area contributed by atoms with Gasteiger partial charge in [-0.05, 0) is 32.0 Å². The topological polar surface area (TPSA) is 138 Å². The maximum atomic E-state index is 13.2. The smallest absolute Gasteiger partial charge is 0.325 e. The third kappa shape index (κ3) is 4.87. The predicted molar refractivity (Wildman–Crippen MR) is 122 cm³/mol. The Kier molecular flexibility index (Phi) is 6.80. The number of sulfonamides is 1. The lowest BCUT2D eigenvalue weighted by Crippen LogP contribution is -2.42. The molecule has 0 bridgehead atoms. The summed E-state index contributed by atoms with van der Waals surface area (Å²) in [7, 11) is -3.79. The van der Waals surface area contributed by atoms with E-state index >= 15 is 0 Å². The first-order valence-electron chi connectivity index (χ1n) is 11.1. The molecular weight excluding hydrogens is 466 g/mol. The van der Waals surface area contributed by atoms with Gasteiger partial charge in [0.1, 0.15) is 12.1 Å². The van der Waals surface area contributed by atoms with Crippen molar-refractivity contribution in [3.63, 3.8) is 0 Å². The van der Waals surface area contributed by atoms with Crippen LogP contribution in [0.25, 0.3) is 0 Å². The molecule has 0 radical (unpaired) electrons. The van der Waals surface area contributed by atoms with E-state index in [1.54, 1.807) is 19.9 Å². The van der Waals surface area contributed by atoms with Crippen LogP contribution in [0.1, 0.15) is 13.8 Å². The van der Waals surface area contributed by atoms with Crippen LogP contribution in [0.5, 0.6) is 0 Å². The van der Waals surface area contributed by atoms with Gasteiger partial charge in [-0.3, -0.25) is 14.5 Å². The lowest BCUT2D eigenvalue weighted by atomic mass is 10.1. The molecule has 0 atom stereocenters. The van der Waals surface area contributed by atoms with Gasteiger partial charge in [-0.1, -0.05) is 0 Å². The Balaban J connectivity index is 1.60. The summed E-state index contributed by atoms with van der Waals surface area (Å²) in [6, 6.07) is 3.95. The number of hydrogen-bond donors (Lipinski definition) is 2. The van der Waals surface area contributed by atoms with Crippen molar-refractivity contribution >= 4 is 39.2 Å². The van der Waals surface area contributed by atoms with Gasteiger partial charge in [0, 0.05) is 26.2 Å². The van der Waals surface area contributed by atoms with Crippen molar-refractivity contribution in [3.05, 3.63) is 18.2 Å². The molecule has 1 aromatic carbocycles. The standard InChI is InChI=1S/C21H29N5O7S/c1-21(2)19(28)26(20(29)23-21)14-18(27)22-16-13-15(34(30,31)25-7-11-33-12-8-25)3-4-17(16)24-5-9-32-10-6-24/h3-4,13H,5-12,14H2,1-2H3,(H,22,27)(H,23,29). The van der Waals surface area contributed by atoms with E-state index in [-0.39, 0.29) is 23.7 Å². The van der Waals surface area contributed by atoms with Crippen LogP contribution in [-0.4, -0.2) is 100 Å². The molecule has 1 aromatic rings. The molecule has 13 heteroatoms. The molecule has 3 heterocycles. The number of anilines is 2. The van der Waals surface area contributed by atoms with Crippen molar-refractivity contribution in [1.82, 2.24) is 14.5 Å². The van der Waals surface area contributed by atoms with Crippen molar-refractivity contribution < 1.29 is 32.3 Å². The zero-order valence-electron chi connectivity index (χ0n) is 19.2. The van der Waals surface area contributed by atoms with Crippen LogP contribution in [-0.2, 0) is 29.1 Å². The summed E-state index contributed by atoms with van der Waals surface area (Å²) < 4.78 is 38.3. The summed E-state index contributed by atoms with van der Waals surface area (Å²) in [5, 5.41) is 5.25. The van der Waals surface area contributed by atoms with Gasteiger partial charge in [-0.2, -0.15) is 4.31 Å². The van der Waals surface area contributed by atoms with Gasteiger partial charge >= 0.3 is 6.03 Å². The summed E-state index contributed by atoms with van der Waals surface area (Å²) >= 11 is 0. The van der Waals surface area contributed by atoms with Gasteiger partial charge in [-0.15, -0.1) is 0 Å². The normalized spacial score (nSPS) is 21.5. The van der Waals surface area contributed by atoms with Crippen molar-refractivity contribution in [2.45, 2.75) is 24.3 Å². The van der Waals surface area contributed by atoms with Crippen molar-refractivity contribution in [2.75, 3.05) is 69.4 Å². The summed E-state index contributed by atoms with van der Waals surface area (Å²) in [6.07, 6.45) is 0. The molecule has 3 saturated heterocycles. The fraction of sp³-hybridized carbons (Fsp3) is 0.571. The molecule has 3 aliphatic rings. The summed E-state index contributed by atoms with van der Waals surface area (Å²) in [6.45, 7) is 5.89. The summed E-state index contributed by atoms with van der Waals surface area (Å²) in [5.41, 5.74) is -0.176. The fourth-order valence-corrected chi connectivity index (χ4v) is 5.52. The summed E-state index contributed by atoms with van der Waals surface area (Å²) in [5.74, 6) is -1.12.